The molecule has 1 aromatic carbocycles. The number of carbonyl (C=O) groups excluding carboxylic acids is 4. The van der Waals surface area contributed by atoms with Gasteiger partial charge in [-0.05, 0) is 44.0 Å². The van der Waals surface area contributed by atoms with Crippen molar-refractivity contribution in [3.63, 3.8) is 0 Å². The summed E-state index contributed by atoms with van der Waals surface area (Å²) >= 11 is 0. The standard InChI is InChI=1S/C23H36N6O8/c1-12(30)19(22(35)28-17(23(36)37)11-18(26)32)29-21(34)16(10-13-5-7-14(31)8-6-13)27-20(33)15(25)4-2-3-9-24/h5-8,12,15-17,19,30-31H,2-4,9-11,24-25H2,1H3,(H2,26,32)(H,27,33)(H,28,35)(H,29,34)(H,36,37). The van der Waals surface area contributed by atoms with E-state index in [1.54, 1.807) is 0 Å². The molecule has 0 aliphatic heterocycles. The van der Waals surface area contributed by atoms with Gasteiger partial charge in [-0.1, -0.05) is 18.6 Å². The first-order valence-corrected chi connectivity index (χ1v) is 11.7. The third-order valence-electron chi connectivity index (χ3n) is 5.40. The predicted octanol–water partition coefficient (Wildman–Crippen LogP) is -2.81. The maximum atomic E-state index is 13.1. The summed E-state index contributed by atoms with van der Waals surface area (Å²) in [5.41, 5.74) is 16.9. The number of nitrogens with two attached hydrogens (primary N) is 3. The van der Waals surface area contributed by atoms with E-state index in [2.05, 4.69) is 16.0 Å². The van der Waals surface area contributed by atoms with Crippen LogP contribution in [0.1, 0.15) is 38.2 Å². The van der Waals surface area contributed by atoms with E-state index >= 15 is 0 Å². The molecule has 0 saturated heterocycles. The molecule has 0 fully saturated rings. The Morgan fingerprint density at radius 2 is 1.51 bits per heavy atom. The molecule has 1 rings (SSSR count). The van der Waals surface area contributed by atoms with Gasteiger partial charge in [0.15, 0.2) is 0 Å². The molecule has 0 radical (unpaired) electrons. The number of phenolic OH excluding ortho intramolecular Hbond substituents is 1. The number of hydrogen-bond acceptors (Lipinski definition) is 9. The van der Waals surface area contributed by atoms with Gasteiger partial charge >= 0.3 is 5.97 Å². The molecule has 5 unspecified atom stereocenters. The number of amides is 4. The zero-order valence-corrected chi connectivity index (χ0v) is 20.6. The minimum absolute atomic E-state index is 0.00880. The van der Waals surface area contributed by atoms with Crippen molar-refractivity contribution < 1.29 is 39.3 Å². The predicted molar refractivity (Wildman–Crippen MR) is 132 cm³/mol. The Labute approximate surface area is 213 Å². The van der Waals surface area contributed by atoms with E-state index in [4.69, 9.17) is 17.2 Å². The molecule has 5 atom stereocenters. The summed E-state index contributed by atoms with van der Waals surface area (Å²) in [6.45, 7) is 1.63. The van der Waals surface area contributed by atoms with Crippen LogP contribution in [-0.2, 0) is 30.4 Å². The van der Waals surface area contributed by atoms with Crippen LogP contribution in [0.15, 0.2) is 24.3 Å². The Hall–Kier alpha value is -3.75. The Bertz CT molecular complexity index is 940. The first-order chi connectivity index (χ1) is 17.3. The summed E-state index contributed by atoms with van der Waals surface area (Å²) < 4.78 is 0. The van der Waals surface area contributed by atoms with Gasteiger partial charge in [0.25, 0.3) is 0 Å². The number of aliphatic carboxylic acids is 1. The lowest BCUT2D eigenvalue weighted by atomic mass is 10.0. The zero-order valence-electron chi connectivity index (χ0n) is 20.6. The van der Waals surface area contributed by atoms with Crippen molar-refractivity contribution in [2.24, 2.45) is 17.2 Å². The molecule has 0 saturated carbocycles. The van der Waals surface area contributed by atoms with E-state index < -0.39 is 66.3 Å². The summed E-state index contributed by atoms with van der Waals surface area (Å²) in [5.74, 6) is -5.09. The molecule has 206 valence electrons. The van der Waals surface area contributed by atoms with Gasteiger partial charge in [-0.2, -0.15) is 0 Å². The number of rotatable bonds is 16. The number of carbonyl (C=O) groups is 5. The maximum absolute atomic E-state index is 13.1. The highest BCUT2D eigenvalue weighted by atomic mass is 16.4. The van der Waals surface area contributed by atoms with Crippen LogP contribution < -0.4 is 33.2 Å². The average molecular weight is 525 g/mol. The number of phenols is 1. The number of carboxylic acid groups (broad SMARTS) is 1. The Kier molecular flexibility index (Phi) is 13.0. The van der Waals surface area contributed by atoms with E-state index in [1.807, 2.05) is 0 Å². The number of unbranched alkanes of at least 4 members (excludes halogenated alkanes) is 1. The number of nitrogens with one attached hydrogen (secondary N) is 3. The minimum atomic E-state index is -1.68. The zero-order chi connectivity index (χ0) is 28.1. The monoisotopic (exact) mass is 524 g/mol. The fourth-order valence-corrected chi connectivity index (χ4v) is 3.32. The summed E-state index contributed by atoms with van der Waals surface area (Å²) in [5, 5.41) is 35.7. The molecule has 0 aliphatic rings. The van der Waals surface area contributed by atoms with Gasteiger partial charge in [-0.25, -0.2) is 4.79 Å². The molecule has 0 aromatic heterocycles. The van der Waals surface area contributed by atoms with Crippen LogP contribution in [0.2, 0.25) is 0 Å². The van der Waals surface area contributed by atoms with Gasteiger partial charge in [0.05, 0.1) is 18.6 Å². The van der Waals surface area contributed by atoms with Gasteiger partial charge < -0.3 is 48.5 Å². The average Bonchev–Trinajstić information content (AvgIpc) is 2.82. The number of aliphatic hydroxyl groups is 1. The molecular weight excluding hydrogens is 488 g/mol. The summed E-state index contributed by atoms with van der Waals surface area (Å²) in [6.07, 6.45) is -0.650. The van der Waals surface area contributed by atoms with Crippen LogP contribution in [0, 0.1) is 0 Å². The Morgan fingerprint density at radius 3 is 2.03 bits per heavy atom. The molecule has 4 amide bonds. The molecule has 14 heteroatoms. The van der Waals surface area contributed by atoms with Gasteiger partial charge in [0, 0.05) is 6.42 Å². The number of aliphatic hydroxyl groups excluding tert-OH is 1. The maximum Gasteiger partial charge on any atom is 0.326 e. The lowest BCUT2D eigenvalue weighted by Gasteiger charge is -2.26. The fraction of sp³-hybridized carbons (Fsp3) is 0.522. The molecule has 0 heterocycles. The van der Waals surface area contributed by atoms with Crippen molar-refractivity contribution >= 4 is 29.6 Å². The highest BCUT2D eigenvalue weighted by molar-refractivity contribution is 5.95. The molecule has 12 N–H and O–H groups in total. The summed E-state index contributed by atoms with van der Waals surface area (Å²) in [7, 11) is 0. The van der Waals surface area contributed by atoms with Crippen LogP contribution in [0.25, 0.3) is 0 Å². The van der Waals surface area contributed by atoms with Gasteiger partial charge in [0.2, 0.25) is 23.6 Å². The van der Waals surface area contributed by atoms with Crippen molar-refractivity contribution in [1.82, 2.24) is 16.0 Å². The summed E-state index contributed by atoms with van der Waals surface area (Å²) in [6, 6.07) is 0.367. The van der Waals surface area contributed by atoms with Crippen molar-refractivity contribution in [3.05, 3.63) is 29.8 Å². The number of carboxylic acids is 1. The van der Waals surface area contributed by atoms with Crippen molar-refractivity contribution in [1.29, 1.82) is 0 Å². The first kappa shape index (κ1) is 31.3. The van der Waals surface area contributed by atoms with E-state index in [9.17, 15) is 39.3 Å². The molecule has 0 spiro atoms. The van der Waals surface area contributed by atoms with Crippen LogP contribution in [0.4, 0.5) is 0 Å². The van der Waals surface area contributed by atoms with E-state index in [-0.39, 0.29) is 12.2 Å². The van der Waals surface area contributed by atoms with Crippen LogP contribution in [-0.4, -0.2) is 81.7 Å². The highest BCUT2D eigenvalue weighted by Gasteiger charge is 2.33. The van der Waals surface area contributed by atoms with Gasteiger partial charge in [-0.15, -0.1) is 0 Å². The Balaban J connectivity index is 3.07. The molecule has 1 aromatic rings. The van der Waals surface area contributed by atoms with Gasteiger partial charge in [-0.3, -0.25) is 19.2 Å². The SMILES string of the molecule is CC(O)C(NC(=O)C(Cc1ccc(O)cc1)NC(=O)C(N)CCCCN)C(=O)NC(CC(N)=O)C(=O)O. The molecule has 0 aliphatic carbocycles. The second kappa shape index (κ2) is 15.4. The first-order valence-electron chi connectivity index (χ1n) is 11.7. The Morgan fingerprint density at radius 1 is 0.919 bits per heavy atom. The molecular formula is C23H36N6O8. The largest absolute Gasteiger partial charge is 0.508 e. The number of aromatic hydroxyl groups is 1. The van der Waals surface area contributed by atoms with Crippen molar-refractivity contribution in [2.75, 3.05) is 6.54 Å². The van der Waals surface area contributed by atoms with Gasteiger partial charge in [0.1, 0.15) is 23.9 Å². The van der Waals surface area contributed by atoms with Crippen molar-refractivity contribution in [2.45, 2.75) is 69.3 Å². The quantitative estimate of drug-likeness (QED) is 0.100. The third-order valence-corrected chi connectivity index (χ3v) is 5.40. The topological polar surface area (TPSA) is 260 Å². The van der Waals surface area contributed by atoms with Crippen LogP contribution in [0.5, 0.6) is 5.75 Å². The number of hydrogen-bond donors (Lipinski definition) is 9. The van der Waals surface area contributed by atoms with Crippen LogP contribution >= 0.6 is 0 Å². The number of benzene rings is 1. The molecule has 0 bridgehead atoms. The highest BCUT2D eigenvalue weighted by Crippen LogP contribution is 2.12. The summed E-state index contributed by atoms with van der Waals surface area (Å²) in [4.78, 5) is 60.9. The lowest BCUT2D eigenvalue weighted by Crippen LogP contribution is -2.60. The minimum Gasteiger partial charge on any atom is -0.508 e. The normalized spacial score (nSPS) is 14.9. The molecule has 37 heavy (non-hydrogen) atoms. The van der Waals surface area contributed by atoms with E-state index in [0.717, 1.165) is 0 Å². The number of primary amides is 1. The van der Waals surface area contributed by atoms with Crippen molar-refractivity contribution in [3.8, 4) is 5.75 Å². The third kappa shape index (κ3) is 11.2. The van der Waals surface area contributed by atoms with Crippen LogP contribution in [0.3, 0.4) is 0 Å². The second-order valence-corrected chi connectivity index (χ2v) is 8.62. The fourth-order valence-electron chi connectivity index (χ4n) is 3.32. The van der Waals surface area contributed by atoms with E-state index in [0.29, 0.717) is 31.4 Å². The molecule has 14 nitrogen and oxygen atoms in total. The van der Waals surface area contributed by atoms with E-state index in [1.165, 1.54) is 31.2 Å². The smallest absolute Gasteiger partial charge is 0.326 e. The second-order valence-electron chi connectivity index (χ2n) is 8.62. The lowest BCUT2D eigenvalue weighted by molar-refractivity contribution is -0.144.